The zero-order valence-corrected chi connectivity index (χ0v) is 9.86. The number of halogens is 1. The highest BCUT2D eigenvalue weighted by molar-refractivity contribution is 5.37. The summed E-state index contributed by atoms with van der Waals surface area (Å²) in [5, 5.41) is 0. The van der Waals surface area contributed by atoms with E-state index in [0.717, 1.165) is 17.5 Å². The smallest absolute Gasteiger partial charge is 0.123 e. The highest BCUT2D eigenvalue weighted by atomic mass is 19.1. The molecule has 2 aromatic rings. The van der Waals surface area contributed by atoms with E-state index in [1.54, 1.807) is 6.07 Å². The van der Waals surface area contributed by atoms with Gasteiger partial charge in [-0.1, -0.05) is 49.4 Å². The average molecular weight is 229 g/mol. The summed E-state index contributed by atoms with van der Waals surface area (Å²) in [5.41, 5.74) is 7.64. The fraction of sp³-hybridized carbons (Fsp3) is 0.200. The number of rotatable bonds is 3. The van der Waals surface area contributed by atoms with Gasteiger partial charge in [0.1, 0.15) is 5.82 Å². The summed E-state index contributed by atoms with van der Waals surface area (Å²) in [6.07, 6.45) is 0.723. The average Bonchev–Trinajstić information content (AvgIpc) is 2.39. The Balaban J connectivity index is 2.52. The summed E-state index contributed by atoms with van der Waals surface area (Å²) in [6.45, 7) is 2.01. The molecule has 2 heteroatoms. The molecular formula is C15H16FN. The molecule has 1 nitrogen and oxygen atoms in total. The monoisotopic (exact) mass is 229 g/mol. The highest BCUT2D eigenvalue weighted by Crippen LogP contribution is 2.30. The molecule has 88 valence electrons. The van der Waals surface area contributed by atoms with E-state index < -0.39 is 5.54 Å². The van der Waals surface area contributed by atoms with Crippen LogP contribution in [0.4, 0.5) is 4.39 Å². The molecule has 0 aromatic heterocycles. The molecule has 0 bridgehead atoms. The van der Waals surface area contributed by atoms with Gasteiger partial charge < -0.3 is 5.73 Å². The Morgan fingerprint density at radius 1 is 1.00 bits per heavy atom. The van der Waals surface area contributed by atoms with Crippen molar-refractivity contribution >= 4 is 0 Å². The first-order valence-corrected chi connectivity index (χ1v) is 5.77. The second kappa shape index (κ2) is 4.68. The first-order chi connectivity index (χ1) is 8.16. The van der Waals surface area contributed by atoms with Gasteiger partial charge in [-0.15, -0.1) is 0 Å². The van der Waals surface area contributed by atoms with Crippen molar-refractivity contribution in [1.82, 2.24) is 0 Å². The molecule has 1 atom stereocenters. The Labute approximate surface area is 101 Å². The Hall–Kier alpha value is -1.67. The molecule has 0 amide bonds. The summed E-state index contributed by atoms with van der Waals surface area (Å²) < 4.78 is 13.3. The Kier molecular flexibility index (Phi) is 3.25. The second-order valence-corrected chi connectivity index (χ2v) is 4.20. The van der Waals surface area contributed by atoms with Gasteiger partial charge in [-0.05, 0) is 29.7 Å². The third-order valence-electron chi connectivity index (χ3n) is 3.19. The van der Waals surface area contributed by atoms with Crippen LogP contribution in [0.5, 0.6) is 0 Å². The molecule has 17 heavy (non-hydrogen) atoms. The van der Waals surface area contributed by atoms with Gasteiger partial charge in [-0.25, -0.2) is 4.39 Å². The van der Waals surface area contributed by atoms with Crippen LogP contribution in [0.2, 0.25) is 0 Å². The van der Waals surface area contributed by atoms with Crippen molar-refractivity contribution in [1.29, 1.82) is 0 Å². The third-order valence-corrected chi connectivity index (χ3v) is 3.19. The van der Waals surface area contributed by atoms with Crippen molar-refractivity contribution in [2.24, 2.45) is 5.73 Å². The molecule has 0 aliphatic heterocycles. The fourth-order valence-electron chi connectivity index (χ4n) is 2.08. The summed E-state index contributed by atoms with van der Waals surface area (Å²) in [5.74, 6) is -0.248. The molecule has 2 aromatic carbocycles. The minimum atomic E-state index is -0.622. The predicted octanol–water partition coefficient (Wildman–Crippen LogP) is 3.44. The molecule has 1 unspecified atom stereocenters. The zero-order chi connectivity index (χ0) is 12.3. The van der Waals surface area contributed by atoms with E-state index in [-0.39, 0.29) is 5.82 Å². The van der Waals surface area contributed by atoms with Crippen molar-refractivity contribution in [2.45, 2.75) is 18.9 Å². The van der Waals surface area contributed by atoms with Crippen molar-refractivity contribution in [2.75, 3.05) is 0 Å². The van der Waals surface area contributed by atoms with Gasteiger partial charge in [-0.3, -0.25) is 0 Å². The minimum Gasteiger partial charge on any atom is -0.318 e. The van der Waals surface area contributed by atoms with Gasteiger partial charge in [0.15, 0.2) is 0 Å². The summed E-state index contributed by atoms with van der Waals surface area (Å²) in [6, 6.07) is 16.3. The van der Waals surface area contributed by atoms with Crippen molar-refractivity contribution in [3.05, 3.63) is 71.5 Å². The molecule has 0 aliphatic carbocycles. The number of nitrogens with two attached hydrogens (primary N) is 1. The molecule has 2 N–H and O–H groups in total. The lowest BCUT2D eigenvalue weighted by atomic mass is 9.82. The van der Waals surface area contributed by atoms with E-state index in [2.05, 4.69) is 0 Å². The summed E-state index contributed by atoms with van der Waals surface area (Å²) >= 11 is 0. The van der Waals surface area contributed by atoms with Crippen LogP contribution in [-0.4, -0.2) is 0 Å². The van der Waals surface area contributed by atoms with Crippen LogP contribution >= 0.6 is 0 Å². The van der Waals surface area contributed by atoms with Crippen LogP contribution in [-0.2, 0) is 5.54 Å². The lowest BCUT2D eigenvalue weighted by molar-refractivity contribution is 0.512. The first-order valence-electron chi connectivity index (χ1n) is 5.77. The third kappa shape index (κ3) is 2.22. The van der Waals surface area contributed by atoms with E-state index >= 15 is 0 Å². The quantitative estimate of drug-likeness (QED) is 0.857. The molecule has 0 spiro atoms. The molecule has 0 saturated heterocycles. The van der Waals surface area contributed by atoms with Crippen LogP contribution in [0, 0.1) is 5.82 Å². The maximum absolute atomic E-state index is 13.3. The van der Waals surface area contributed by atoms with Gasteiger partial charge in [0, 0.05) is 0 Å². The van der Waals surface area contributed by atoms with Gasteiger partial charge >= 0.3 is 0 Å². The number of hydrogen-bond donors (Lipinski definition) is 1. The van der Waals surface area contributed by atoms with Crippen LogP contribution in [0.1, 0.15) is 24.5 Å². The molecule has 2 rings (SSSR count). The van der Waals surface area contributed by atoms with Crippen LogP contribution in [0.25, 0.3) is 0 Å². The first kappa shape index (κ1) is 11.8. The molecule has 0 fully saturated rings. The molecular weight excluding hydrogens is 213 g/mol. The van der Waals surface area contributed by atoms with Gasteiger partial charge in [0.25, 0.3) is 0 Å². The SMILES string of the molecule is CCC(N)(c1ccccc1)c1cccc(F)c1. The molecule has 0 aliphatic rings. The van der Waals surface area contributed by atoms with Crippen molar-refractivity contribution in [3.63, 3.8) is 0 Å². The second-order valence-electron chi connectivity index (χ2n) is 4.20. The van der Waals surface area contributed by atoms with Crippen LogP contribution in [0.15, 0.2) is 54.6 Å². The van der Waals surface area contributed by atoms with E-state index in [9.17, 15) is 4.39 Å². The van der Waals surface area contributed by atoms with Crippen molar-refractivity contribution in [3.8, 4) is 0 Å². The topological polar surface area (TPSA) is 26.0 Å². The van der Waals surface area contributed by atoms with Gasteiger partial charge in [-0.2, -0.15) is 0 Å². The Morgan fingerprint density at radius 3 is 2.24 bits per heavy atom. The van der Waals surface area contributed by atoms with E-state index in [4.69, 9.17) is 5.73 Å². The van der Waals surface area contributed by atoms with E-state index in [0.29, 0.717) is 0 Å². The number of hydrogen-bond acceptors (Lipinski definition) is 1. The lowest BCUT2D eigenvalue weighted by Gasteiger charge is -2.29. The lowest BCUT2D eigenvalue weighted by Crippen LogP contribution is -2.37. The maximum Gasteiger partial charge on any atom is 0.123 e. The predicted molar refractivity (Wildman–Crippen MR) is 68.1 cm³/mol. The van der Waals surface area contributed by atoms with Crippen molar-refractivity contribution < 1.29 is 4.39 Å². The normalized spacial score (nSPS) is 14.3. The summed E-state index contributed by atoms with van der Waals surface area (Å²) in [7, 11) is 0. The summed E-state index contributed by atoms with van der Waals surface area (Å²) in [4.78, 5) is 0. The molecule has 0 radical (unpaired) electrons. The van der Waals surface area contributed by atoms with Crippen LogP contribution in [0.3, 0.4) is 0 Å². The molecule has 0 saturated carbocycles. The number of benzene rings is 2. The maximum atomic E-state index is 13.3. The van der Waals surface area contributed by atoms with E-state index in [1.165, 1.54) is 12.1 Å². The van der Waals surface area contributed by atoms with Crippen LogP contribution < -0.4 is 5.73 Å². The van der Waals surface area contributed by atoms with Gasteiger partial charge in [0.2, 0.25) is 0 Å². The molecule has 0 heterocycles. The Bertz CT molecular complexity index is 495. The highest BCUT2D eigenvalue weighted by Gasteiger charge is 2.27. The van der Waals surface area contributed by atoms with E-state index in [1.807, 2.05) is 43.3 Å². The standard InChI is InChI=1S/C15H16FN/c1-2-15(17,12-7-4-3-5-8-12)13-9-6-10-14(16)11-13/h3-11H,2,17H2,1H3. The zero-order valence-electron chi connectivity index (χ0n) is 9.86. The van der Waals surface area contributed by atoms with Gasteiger partial charge in [0.05, 0.1) is 5.54 Å². The largest absolute Gasteiger partial charge is 0.318 e. The minimum absolute atomic E-state index is 0.248. The Morgan fingerprint density at radius 2 is 1.65 bits per heavy atom. The fourth-order valence-corrected chi connectivity index (χ4v) is 2.08.